The van der Waals surface area contributed by atoms with E-state index in [1.54, 1.807) is 0 Å². The lowest BCUT2D eigenvalue weighted by molar-refractivity contribution is -0.132. The quantitative estimate of drug-likeness (QED) is 0.0329. The molecule has 4 unspecified atom stereocenters. The molecule has 0 aliphatic carbocycles. The van der Waals surface area contributed by atoms with Gasteiger partial charge in [0.05, 0.1) is 18.8 Å². The van der Waals surface area contributed by atoms with E-state index in [0.717, 1.165) is 44.9 Å². The molecule has 288 valence electrons. The van der Waals surface area contributed by atoms with Crippen LogP contribution in [-0.4, -0.2) is 57.3 Å². The number of carbonyl (C=O) groups is 1. The van der Waals surface area contributed by atoms with E-state index >= 15 is 0 Å². The summed E-state index contributed by atoms with van der Waals surface area (Å²) in [4.78, 5) is 12.4. The molecule has 1 amide bonds. The Labute approximate surface area is 303 Å². The predicted octanol–water partition coefficient (Wildman–Crippen LogP) is 10.6. The number of unbranched alkanes of at least 4 members (excludes halogenated alkanes) is 22. The van der Waals surface area contributed by atoms with E-state index in [2.05, 4.69) is 55.6 Å². The molecule has 5 N–H and O–H groups in total. The third-order valence-electron chi connectivity index (χ3n) is 9.57. The second-order valence-electron chi connectivity index (χ2n) is 14.3. The fourth-order valence-electron chi connectivity index (χ4n) is 6.18. The first kappa shape index (κ1) is 47.5. The molecule has 0 saturated heterocycles. The Kier molecular flexibility index (Phi) is 36.6. The van der Waals surface area contributed by atoms with Gasteiger partial charge in [0.15, 0.2) is 0 Å². The van der Waals surface area contributed by atoms with Crippen molar-refractivity contribution in [1.82, 2.24) is 5.32 Å². The highest BCUT2D eigenvalue weighted by Gasteiger charge is 2.28. The van der Waals surface area contributed by atoms with Crippen molar-refractivity contribution in [3.05, 3.63) is 36.5 Å². The molecular weight excluding hydrogens is 610 g/mol. The Bertz CT molecular complexity index is 782. The molecule has 6 nitrogen and oxygen atoms in total. The number of aliphatic hydroxyl groups excluding tert-OH is 4. The van der Waals surface area contributed by atoms with E-state index in [0.29, 0.717) is 19.3 Å². The fourth-order valence-corrected chi connectivity index (χ4v) is 6.18. The molecular formula is C43H81NO5. The summed E-state index contributed by atoms with van der Waals surface area (Å²) in [5.41, 5.74) is 0. The van der Waals surface area contributed by atoms with E-state index < -0.39 is 36.9 Å². The lowest BCUT2D eigenvalue weighted by atomic mass is 10.00. The molecule has 0 saturated carbocycles. The monoisotopic (exact) mass is 692 g/mol. The lowest BCUT2D eigenvalue weighted by Gasteiger charge is -2.27. The predicted molar refractivity (Wildman–Crippen MR) is 210 cm³/mol. The SMILES string of the molecule is CCCC/C=C/CCCC(O)C(O)C(CO)NC(=O)C(O)CCCCCCCCCCCC/C=C\C/C=C\CCCCCCCCCCC. The van der Waals surface area contributed by atoms with Crippen LogP contribution < -0.4 is 5.32 Å². The zero-order valence-corrected chi connectivity index (χ0v) is 32.2. The molecule has 0 spiro atoms. The summed E-state index contributed by atoms with van der Waals surface area (Å²) in [6.07, 6.45) is 43.5. The molecule has 4 atom stereocenters. The highest BCUT2D eigenvalue weighted by atomic mass is 16.3. The summed E-state index contributed by atoms with van der Waals surface area (Å²) in [6, 6.07) is -1.000. The van der Waals surface area contributed by atoms with Crippen molar-refractivity contribution < 1.29 is 25.2 Å². The summed E-state index contributed by atoms with van der Waals surface area (Å²) < 4.78 is 0. The van der Waals surface area contributed by atoms with Gasteiger partial charge in [0.1, 0.15) is 12.2 Å². The molecule has 0 aromatic heterocycles. The van der Waals surface area contributed by atoms with E-state index in [-0.39, 0.29) is 0 Å². The highest BCUT2D eigenvalue weighted by molar-refractivity contribution is 5.80. The van der Waals surface area contributed by atoms with Gasteiger partial charge in [0.2, 0.25) is 5.91 Å². The standard InChI is InChI=1S/C43H81NO5/c1-3-5-7-9-11-12-13-14-15-16-17-18-19-20-21-22-23-24-25-26-27-28-29-31-33-35-37-41(47)43(49)44-39(38-45)42(48)40(46)36-34-32-30-10-8-6-4-2/h10,17-18,20-21,30,39-42,45-48H,3-9,11-16,19,22-29,31-38H2,1-2H3,(H,44,49)/b18-17-,21-20-,30-10+. The molecule has 0 bridgehead atoms. The average Bonchev–Trinajstić information content (AvgIpc) is 3.11. The summed E-state index contributed by atoms with van der Waals surface area (Å²) >= 11 is 0. The van der Waals surface area contributed by atoms with Crippen LogP contribution in [0.25, 0.3) is 0 Å². The van der Waals surface area contributed by atoms with E-state index in [1.807, 2.05) is 0 Å². The van der Waals surface area contributed by atoms with Gasteiger partial charge in [-0.1, -0.05) is 172 Å². The number of hydrogen-bond donors (Lipinski definition) is 5. The van der Waals surface area contributed by atoms with Gasteiger partial charge in [-0.05, 0) is 64.2 Å². The Hall–Kier alpha value is -1.47. The molecule has 0 aromatic rings. The normalized spacial score (nSPS) is 14.7. The zero-order chi connectivity index (χ0) is 36.0. The van der Waals surface area contributed by atoms with Crippen LogP contribution in [0.5, 0.6) is 0 Å². The molecule has 0 fully saturated rings. The second kappa shape index (κ2) is 37.8. The first-order chi connectivity index (χ1) is 24.0. The number of allylic oxidation sites excluding steroid dienone is 6. The Morgan fingerprint density at radius 1 is 0.510 bits per heavy atom. The highest BCUT2D eigenvalue weighted by Crippen LogP contribution is 2.15. The van der Waals surface area contributed by atoms with Gasteiger partial charge in [-0.15, -0.1) is 0 Å². The number of hydrogen-bond acceptors (Lipinski definition) is 5. The number of aliphatic hydroxyl groups is 4. The van der Waals surface area contributed by atoms with E-state index in [9.17, 15) is 25.2 Å². The van der Waals surface area contributed by atoms with Crippen molar-refractivity contribution in [3.8, 4) is 0 Å². The Morgan fingerprint density at radius 3 is 1.41 bits per heavy atom. The molecule has 0 rings (SSSR count). The minimum Gasteiger partial charge on any atom is -0.394 e. The van der Waals surface area contributed by atoms with Crippen LogP contribution in [0.15, 0.2) is 36.5 Å². The van der Waals surface area contributed by atoms with Gasteiger partial charge in [0.25, 0.3) is 0 Å². The molecule has 49 heavy (non-hydrogen) atoms. The van der Waals surface area contributed by atoms with Crippen molar-refractivity contribution in [2.75, 3.05) is 6.61 Å². The first-order valence-corrected chi connectivity index (χ1v) is 20.9. The molecule has 0 radical (unpaired) electrons. The molecule has 0 aliphatic heterocycles. The van der Waals surface area contributed by atoms with Crippen molar-refractivity contribution in [1.29, 1.82) is 0 Å². The second-order valence-corrected chi connectivity index (χ2v) is 14.3. The Balaban J connectivity index is 3.66. The minimum atomic E-state index is -1.28. The van der Waals surface area contributed by atoms with Crippen LogP contribution in [0.2, 0.25) is 0 Å². The van der Waals surface area contributed by atoms with Gasteiger partial charge in [-0.2, -0.15) is 0 Å². The van der Waals surface area contributed by atoms with Crippen LogP contribution in [0.1, 0.15) is 200 Å². The van der Waals surface area contributed by atoms with Crippen LogP contribution in [0, 0.1) is 0 Å². The molecule has 0 aliphatic rings. The van der Waals surface area contributed by atoms with Crippen molar-refractivity contribution in [3.63, 3.8) is 0 Å². The van der Waals surface area contributed by atoms with E-state index in [1.165, 1.54) is 122 Å². The first-order valence-electron chi connectivity index (χ1n) is 20.9. The maximum Gasteiger partial charge on any atom is 0.249 e. The summed E-state index contributed by atoms with van der Waals surface area (Å²) in [5.74, 6) is -0.601. The van der Waals surface area contributed by atoms with E-state index in [4.69, 9.17) is 0 Å². The number of carbonyl (C=O) groups excluding carboxylic acids is 1. The van der Waals surface area contributed by atoms with Gasteiger partial charge in [0, 0.05) is 0 Å². The third kappa shape index (κ3) is 32.2. The number of amides is 1. The fraction of sp³-hybridized carbons (Fsp3) is 0.837. The van der Waals surface area contributed by atoms with Crippen LogP contribution in [0.4, 0.5) is 0 Å². The average molecular weight is 692 g/mol. The Morgan fingerprint density at radius 2 is 0.918 bits per heavy atom. The van der Waals surface area contributed by atoms with Crippen molar-refractivity contribution >= 4 is 5.91 Å². The van der Waals surface area contributed by atoms with Gasteiger partial charge in [-0.25, -0.2) is 0 Å². The topological polar surface area (TPSA) is 110 Å². The maximum atomic E-state index is 12.4. The largest absolute Gasteiger partial charge is 0.394 e. The van der Waals surface area contributed by atoms with Crippen molar-refractivity contribution in [2.24, 2.45) is 0 Å². The van der Waals surface area contributed by atoms with Gasteiger partial charge in [-0.3, -0.25) is 4.79 Å². The maximum absolute atomic E-state index is 12.4. The summed E-state index contributed by atoms with van der Waals surface area (Å²) in [7, 11) is 0. The number of rotatable bonds is 37. The lowest BCUT2D eigenvalue weighted by Crippen LogP contribution is -2.53. The number of nitrogens with one attached hydrogen (secondary N) is 1. The van der Waals surface area contributed by atoms with Gasteiger partial charge >= 0.3 is 0 Å². The summed E-state index contributed by atoms with van der Waals surface area (Å²) in [5, 5.41) is 43.2. The summed E-state index contributed by atoms with van der Waals surface area (Å²) in [6.45, 7) is 3.94. The van der Waals surface area contributed by atoms with Crippen LogP contribution >= 0.6 is 0 Å². The molecule has 0 aromatic carbocycles. The van der Waals surface area contributed by atoms with Gasteiger partial charge < -0.3 is 25.7 Å². The minimum absolute atomic E-state index is 0.358. The van der Waals surface area contributed by atoms with Crippen LogP contribution in [0.3, 0.4) is 0 Å². The van der Waals surface area contributed by atoms with Crippen LogP contribution in [-0.2, 0) is 4.79 Å². The molecule has 0 heterocycles. The van der Waals surface area contributed by atoms with Crippen molar-refractivity contribution in [2.45, 2.75) is 224 Å². The third-order valence-corrected chi connectivity index (χ3v) is 9.57. The zero-order valence-electron chi connectivity index (χ0n) is 32.2. The smallest absolute Gasteiger partial charge is 0.249 e. The molecule has 6 heteroatoms.